The maximum Gasteiger partial charge on any atom is 0.154 e. The number of hydrogen-bond donors (Lipinski definition) is 2. The molecular formula is C16H17N3. The van der Waals surface area contributed by atoms with Crippen LogP contribution in [0.4, 0.5) is 0 Å². The van der Waals surface area contributed by atoms with Crippen LogP contribution in [0.25, 0.3) is 0 Å². The van der Waals surface area contributed by atoms with Crippen molar-refractivity contribution in [2.75, 3.05) is 0 Å². The van der Waals surface area contributed by atoms with E-state index in [1.165, 1.54) is 0 Å². The van der Waals surface area contributed by atoms with Crippen molar-refractivity contribution in [3.8, 4) is 0 Å². The van der Waals surface area contributed by atoms with Crippen molar-refractivity contribution >= 4 is 11.7 Å². The van der Waals surface area contributed by atoms with Crippen LogP contribution in [-0.2, 0) is 0 Å². The Morgan fingerprint density at radius 2 is 1.53 bits per heavy atom. The topological polar surface area (TPSA) is 62.2 Å². The van der Waals surface area contributed by atoms with Gasteiger partial charge in [0.15, 0.2) is 5.84 Å². The summed E-state index contributed by atoms with van der Waals surface area (Å²) in [6.07, 6.45) is 0. The van der Waals surface area contributed by atoms with E-state index >= 15 is 0 Å². The van der Waals surface area contributed by atoms with Gasteiger partial charge < -0.3 is 5.73 Å². The second-order valence-corrected chi connectivity index (χ2v) is 4.59. The molecular weight excluding hydrogens is 234 g/mol. The normalized spacial score (nSPS) is 11.4. The highest BCUT2D eigenvalue weighted by molar-refractivity contribution is 6.09. The van der Waals surface area contributed by atoms with Crippen LogP contribution in [0.5, 0.6) is 0 Å². The number of nitrogens with one attached hydrogen (secondary N) is 1. The average Bonchev–Trinajstić information content (AvgIpc) is 2.38. The summed E-state index contributed by atoms with van der Waals surface area (Å²) in [4.78, 5) is 4.18. The molecule has 96 valence electrons. The first kappa shape index (κ1) is 13.0. The third kappa shape index (κ3) is 3.28. The van der Waals surface area contributed by atoms with E-state index in [1.807, 2.05) is 56.3 Å². The number of amidine groups is 2. The van der Waals surface area contributed by atoms with Gasteiger partial charge in [0, 0.05) is 11.1 Å². The molecule has 2 aromatic carbocycles. The van der Waals surface area contributed by atoms with Gasteiger partial charge in [0.25, 0.3) is 0 Å². The molecule has 0 unspecified atom stereocenters. The van der Waals surface area contributed by atoms with Gasteiger partial charge in [0.1, 0.15) is 5.84 Å². The molecule has 0 aliphatic carbocycles. The molecule has 2 rings (SSSR count). The molecule has 0 radical (unpaired) electrons. The molecule has 0 saturated carbocycles. The molecule has 0 saturated heterocycles. The molecule has 3 nitrogen and oxygen atoms in total. The molecule has 0 heterocycles. The van der Waals surface area contributed by atoms with Crippen molar-refractivity contribution in [1.82, 2.24) is 0 Å². The van der Waals surface area contributed by atoms with Crippen LogP contribution in [-0.4, -0.2) is 11.7 Å². The van der Waals surface area contributed by atoms with E-state index in [0.29, 0.717) is 5.84 Å². The van der Waals surface area contributed by atoms with Crippen LogP contribution < -0.4 is 5.73 Å². The number of benzene rings is 2. The molecule has 3 heteroatoms. The lowest BCUT2D eigenvalue weighted by atomic mass is 10.1. The van der Waals surface area contributed by atoms with Gasteiger partial charge in [-0.2, -0.15) is 0 Å². The van der Waals surface area contributed by atoms with Gasteiger partial charge in [-0.15, -0.1) is 0 Å². The minimum absolute atomic E-state index is 0.188. The number of aryl methyl sites for hydroxylation is 2. The number of nitrogens with zero attached hydrogens (tertiary/aromatic N) is 1. The Bertz CT molecular complexity index is 607. The second-order valence-electron chi connectivity index (χ2n) is 4.59. The van der Waals surface area contributed by atoms with E-state index in [1.54, 1.807) is 0 Å². The Kier molecular flexibility index (Phi) is 3.76. The Hall–Kier alpha value is -2.42. The van der Waals surface area contributed by atoms with Gasteiger partial charge in [0.2, 0.25) is 0 Å². The van der Waals surface area contributed by atoms with Crippen LogP contribution in [0.15, 0.2) is 53.5 Å². The van der Waals surface area contributed by atoms with Crippen molar-refractivity contribution in [2.45, 2.75) is 13.8 Å². The number of rotatable bonds is 2. The molecule has 0 aliphatic heterocycles. The lowest BCUT2D eigenvalue weighted by molar-refractivity contribution is 1.33. The van der Waals surface area contributed by atoms with E-state index in [0.717, 1.165) is 22.3 Å². The smallest absolute Gasteiger partial charge is 0.154 e. The number of aliphatic imine (C=N–C) groups is 1. The molecule has 0 aliphatic rings. The molecule has 0 atom stereocenters. The summed E-state index contributed by atoms with van der Waals surface area (Å²) in [6.45, 7) is 4.02. The van der Waals surface area contributed by atoms with Crippen LogP contribution in [0.2, 0.25) is 0 Å². The minimum atomic E-state index is 0.188. The first-order valence-corrected chi connectivity index (χ1v) is 6.13. The zero-order valence-corrected chi connectivity index (χ0v) is 11.1. The van der Waals surface area contributed by atoms with Gasteiger partial charge in [0.05, 0.1) is 0 Å². The first-order valence-electron chi connectivity index (χ1n) is 6.13. The lowest BCUT2D eigenvalue weighted by Gasteiger charge is -2.05. The molecule has 2 aromatic rings. The van der Waals surface area contributed by atoms with E-state index in [9.17, 15) is 0 Å². The predicted octanol–water partition coefficient (Wildman–Crippen LogP) is 3.03. The zero-order valence-electron chi connectivity index (χ0n) is 11.1. The van der Waals surface area contributed by atoms with Gasteiger partial charge in [-0.3, -0.25) is 5.41 Å². The summed E-state index contributed by atoms with van der Waals surface area (Å²) >= 11 is 0. The fraction of sp³-hybridized carbons (Fsp3) is 0.125. The Labute approximate surface area is 113 Å². The predicted molar refractivity (Wildman–Crippen MR) is 79.9 cm³/mol. The second kappa shape index (κ2) is 5.48. The van der Waals surface area contributed by atoms with Gasteiger partial charge in [-0.1, -0.05) is 47.5 Å². The van der Waals surface area contributed by atoms with Crippen LogP contribution in [0.1, 0.15) is 22.3 Å². The Morgan fingerprint density at radius 3 is 2.11 bits per heavy atom. The number of hydrogen-bond acceptors (Lipinski definition) is 1. The lowest BCUT2D eigenvalue weighted by Crippen LogP contribution is -2.15. The first-order chi connectivity index (χ1) is 9.06. The summed E-state index contributed by atoms with van der Waals surface area (Å²) in [6, 6.07) is 15.4. The van der Waals surface area contributed by atoms with Crippen molar-refractivity contribution in [1.29, 1.82) is 5.41 Å². The van der Waals surface area contributed by atoms with Crippen LogP contribution >= 0.6 is 0 Å². The molecule has 3 N–H and O–H groups in total. The summed E-state index contributed by atoms with van der Waals surface area (Å²) in [7, 11) is 0. The maximum atomic E-state index is 8.04. The summed E-state index contributed by atoms with van der Waals surface area (Å²) in [5, 5.41) is 8.04. The third-order valence-corrected chi connectivity index (χ3v) is 2.80. The third-order valence-electron chi connectivity index (χ3n) is 2.80. The molecule has 0 aromatic heterocycles. The summed E-state index contributed by atoms with van der Waals surface area (Å²) < 4.78 is 0. The highest BCUT2D eigenvalue weighted by atomic mass is 14.9. The van der Waals surface area contributed by atoms with Gasteiger partial charge >= 0.3 is 0 Å². The zero-order chi connectivity index (χ0) is 13.8. The Morgan fingerprint density at radius 1 is 0.947 bits per heavy atom. The Balaban J connectivity index is 2.30. The number of nitrogens with two attached hydrogens (primary N) is 1. The fourth-order valence-corrected chi connectivity index (χ4v) is 1.97. The molecule has 0 bridgehead atoms. The largest absolute Gasteiger partial charge is 0.383 e. The van der Waals surface area contributed by atoms with E-state index < -0.39 is 0 Å². The van der Waals surface area contributed by atoms with Crippen molar-refractivity contribution in [3.63, 3.8) is 0 Å². The van der Waals surface area contributed by atoms with E-state index in [-0.39, 0.29) is 5.84 Å². The molecule has 0 amide bonds. The average molecular weight is 251 g/mol. The SMILES string of the molecule is Cc1cc(C)cc(C(=N)N=C(N)c2ccccc2)c1. The summed E-state index contributed by atoms with van der Waals surface area (Å²) in [5.74, 6) is 0.554. The van der Waals surface area contributed by atoms with Crippen molar-refractivity contribution in [2.24, 2.45) is 10.7 Å². The van der Waals surface area contributed by atoms with Gasteiger partial charge in [-0.05, 0) is 26.0 Å². The fourth-order valence-electron chi connectivity index (χ4n) is 1.97. The van der Waals surface area contributed by atoms with Gasteiger partial charge in [-0.25, -0.2) is 4.99 Å². The maximum absolute atomic E-state index is 8.04. The van der Waals surface area contributed by atoms with Crippen molar-refractivity contribution in [3.05, 3.63) is 70.8 Å². The molecule has 0 fully saturated rings. The highest BCUT2D eigenvalue weighted by Crippen LogP contribution is 2.10. The van der Waals surface area contributed by atoms with E-state index in [4.69, 9.17) is 11.1 Å². The van der Waals surface area contributed by atoms with Crippen molar-refractivity contribution < 1.29 is 0 Å². The molecule has 19 heavy (non-hydrogen) atoms. The highest BCUT2D eigenvalue weighted by Gasteiger charge is 2.04. The van der Waals surface area contributed by atoms with E-state index in [2.05, 4.69) is 11.1 Å². The standard InChI is InChI=1S/C16H17N3/c1-11-8-12(2)10-14(9-11)16(18)19-15(17)13-6-4-3-5-7-13/h3-10H,1-2H3,(H3,17,18,19). The quantitative estimate of drug-likeness (QED) is 0.625. The van der Waals surface area contributed by atoms with Crippen LogP contribution in [0.3, 0.4) is 0 Å². The summed E-state index contributed by atoms with van der Waals surface area (Å²) in [5.41, 5.74) is 9.77. The monoisotopic (exact) mass is 251 g/mol. The minimum Gasteiger partial charge on any atom is -0.383 e. The molecule has 0 spiro atoms. The van der Waals surface area contributed by atoms with Crippen LogP contribution in [0, 0.1) is 19.3 Å².